The van der Waals surface area contributed by atoms with Crippen molar-refractivity contribution in [3.63, 3.8) is 0 Å². The smallest absolute Gasteiger partial charge is 0.255 e. The molecule has 0 bridgehead atoms. The summed E-state index contributed by atoms with van der Waals surface area (Å²) in [6.07, 6.45) is 9.66. The third-order valence-corrected chi connectivity index (χ3v) is 8.13. The van der Waals surface area contributed by atoms with Crippen molar-refractivity contribution >= 4 is 23.4 Å². The van der Waals surface area contributed by atoms with Gasteiger partial charge in [-0.15, -0.1) is 0 Å². The van der Waals surface area contributed by atoms with Crippen LogP contribution in [0.5, 0.6) is 0 Å². The van der Waals surface area contributed by atoms with E-state index < -0.39 is 6.04 Å². The van der Waals surface area contributed by atoms with Crippen LogP contribution in [-0.4, -0.2) is 53.5 Å². The second-order valence-corrected chi connectivity index (χ2v) is 10.4. The van der Waals surface area contributed by atoms with E-state index in [1.165, 1.54) is 0 Å². The van der Waals surface area contributed by atoms with E-state index in [2.05, 4.69) is 10.6 Å². The maximum absolute atomic E-state index is 13.2. The number of anilines is 1. The number of ether oxygens (including phenoxy) is 1. The standard InChI is InChI=1S/C26H36N4O4/c27-17-8-6-16(7-9-17)21(11-10-18-3-2-14-34-18)28-22-5-1-4-19-20(22)15-30(26(19)33)23-12-13-24(31)29-25(23)32/h1,4-5,16-18,21,23,28H,2-3,6-15,27H2,(H,29,31,32)/t16?,17?,18-,21+,23?/m0/s1. The van der Waals surface area contributed by atoms with Gasteiger partial charge in [-0.1, -0.05) is 6.07 Å². The normalized spacial score (nSPS) is 30.3. The van der Waals surface area contributed by atoms with E-state index in [9.17, 15) is 14.4 Å². The van der Waals surface area contributed by atoms with Crippen LogP contribution in [0.25, 0.3) is 0 Å². The predicted octanol–water partition coefficient (Wildman–Crippen LogP) is 2.70. The molecule has 184 valence electrons. The lowest BCUT2D eigenvalue weighted by atomic mass is 9.80. The van der Waals surface area contributed by atoms with Crippen LogP contribution < -0.4 is 16.4 Å². The van der Waals surface area contributed by atoms with Crippen LogP contribution in [0.15, 0.2) is 18.2 Å². The average Bonchev–Trinajstić information content (AvgIpc) is 3.46. The molecule has 1 aliphatic carbocycles. The Hall–Kier alpha value is -2.45. The molecular weight excluding hydrogens is 432 g/mol. The molecule has 1 saturated carbocycles. The van der Waals surface area contributed by atoms with Crippen molar-refractivity contribution in [3.8, 4) is 0 Å². The van der Waals surface area contributed by atoms with Crippen molar-refractivity contribution in [1.82, 2.24) is 10.2 Å². The van der Waals surface area contributed by atoms with Crippen LogP contribution >= 0.6 is 0 Å². The second-order valence-electron chi connectivity index (χ2n) is 10.4. The minimum absolute atomic E-state index is 0.132. The van der Waals surface area contributed by atoms with E-state index in [1.807, 2.05) is 18.2 Å². The molecule has 3 atom stereocenters. The lowest BCUT2D eigenvalue weighted by molar-refractivity contribution is -0.136. The Balaban J connectivity index is 1.33. The summed E-state index contributed by atoms with van der Waals surface area (Å²) in [5.41, 5.74) is 8.76. The molecule has 1 aromatic carbocycles. The highest BCUT2D eigenvalue weighted by atomic mass is 16.5. The summed E-state index contributed by atoms with van der Waals surface area (Å²) >= 11 is 0. The van der Waals surface area contributed by atoms with Gasteiger partial charge in [-0.25, -0.2) is 0 Å². The fourth-order valence-electron chi connectivity index (χ4n) is 6.13. The van der Waals surface area contributed by atoms with Gasteiger partial charge >= 0.3 is 0 Å². The van der Waals surface area contributed by atoms with Crippen LogP contribution in [0, 0.1) is 5.92 Å². The van der Waals surface area contributed by atoms with E-state index in [-0.39, 0.29) is 24.1 Å². The SMILES string of the molecule is NC1CCC([C@@H](CC[C@@H]2CCCO2)Nc2cccc3c2CN(C2CCC(=O)NC2=O)C3=O)CC1. The number of nitrogens with one attached hydrogen (secondary N) is 2. The van der Waals surface area contributed by atoms with Gasteiger partial charge in [-0.3, -0.25) is 19.7 Å². The van der Waals surface area contributed by atoms with Crippen molar-refractivity contribution in [1.29, 1.82) is 0 Å². The zero-order valence-electron chi connectivity index (χ0n) is 19.8. The maximum atomic E-state index is 13.2. The summed E-state index contributed by atoms with van der Waals surface area (Å²) in [6, 6.07) is 5.81. The molecule has 0 spiro atoms. The fraction of sp³-hybridized carbons (Fsp3) is 0.654. The number of fused-ring (bicyclic) bond motifs is 1. The molecule has 1 unspecified atom stereocenters. The van der Waals surface area contributed by atoms with Crippen LogP contribution in [-0.2, 0) is 20.9 Å². The third-order valence-electron chi connectivity index (χ3n) is 8.13. The Kier molecular flexibility index (Phi) is 6.88. The molecule has 2 saturated heterocycles. The number of amides is 3. The Morgan fingerprint density at radius 3 is 2.68 bits per heavy atom. The minimum atomic E-state index is -0.597. The largest absolute Gasteiger partial charge is 0.382 e. The first-order valence-corrected chi connectivity index (χ1v) is 12.9. The first-order chi connectivity index (χ1) is 16.5. The lowest BCUT2D eigenvalue weighted by Crippen LogP contribution is -2.52. The van der Waals surface area contributed by atoms with E-state index in [0.29, 0.717) is 42.6 Å². The zero-order valence-corrected chi connectivity index (χ0v) is 19.8. The minimum Gasteiger partial charge on any atom is -0.382 e. The first kappa shape index (κ1) is 23.3. The van der Waals surface area contributed by atoms with Crippen molar-refractivity contribution in [2.24, 2.45) is 11.7 Å². The van der Waals surface area contributed by atoms with Crippen LogP contribution in [0.3, 0.4) is 0 Å². The van der Waals surface area contributed by atoms with Crippen molar-refractivity contribution in [2.75, 3.05) is 11.9 Å². The summed E-state index contributed by atoms with van der Waals surface area (Å²) < 4.78 is 5.88. The molecule has 3 fully saturated rings. The topological polar surface area (TPSA) is 114 Å². The molecule has 0 aromatic heterocycles. The van der Waals surface area contributed by atoms with Crippen molar-refractivity contribution < 1.29 is 19.1 Å². The number of rotatable bonds is 7. The Morgan fingerprint density at radius 1 is 1.12 bits per heavy atom. The quantitative estimate of drug-likeness (QED) is 0.530. The van der Waals surface area contributed by atoms with E-state index in [4.69, 9.17) is 10.5 Å². The van der Waals surface area contributed by atoms with Crippen molar-refractivity contribution in [3.05, 3.63) is 29.3 Å². The molecule has 4 aliphatic rings. The number of carbonyl (C=O) groups excluding carboxylic acids is 3. The van der Waals surface area contributed by atoms with E-state index in [1.54, 1.807) is 4.90 Å². The molecule has 3 amide bonds. The average molecular weight is 469 g/mol. The molecule has 8 nitrogen and oxygen atoms in total. The van der Waals surface area contributed by atoms with Gasteiger partial charge in [0, 0.05) is 48.5 Å². The number of piperidine rings is 1. The van der Waals surface area contributed by atoms with Gasteiger partial charge in [0.1, 0.15) is 6.04 Å². The predicted molar refractivity (Wildman–Crippen MR) is 128 cm³/mol. The van der Waals surface area contributed by atoms with Gasteiger partial charge < -0.3 is 20.7 Å². The van der Waals surface area contributed by atoms with Gasteiger partial charge in [-0.05, 0) is 75.8 Å². The summed E-state index contributed by atoms with van der Waals surface area (Å²) in [7, 11) is 0. The molecule has 8 heteroatoms. The summed E-state index contributed by atoms with van der Waals surface area (Å²) in [4.78, 5) is 38.8. The number of hydrogen-bond acceptors (Lipinski definition) is 6. The van der Waals surface area contributed by atoms with E-state index in [0.717, 1.165) is 69.2 Å². The summed E-state index contributed by atoms with van der Waals surface area (Å²) in [6.45, 7) is 1.25. The molecule has 1 aromatic rings. The zero-order chi connectivity index (χ0) is 23.7. The third kappa shape index (κ3) is 4.84. The Bertz CT molecular complexity index is 937. The molecule has 5 rings (SSSR count). The van der Waals surface area contributed by atoms with Crippen LogP contribution in [0.2, 0.25) is 0 Å². The number of imide groups is 1. The number of nitrogens with zero attached hydrogens (tertiary/aromatic N) is 1. The fourth-order valence-corrected chi connectivity index (χ4v) is 6.13. The van der Waals surface area contributed by atoms with Gasteiger partial charge in [0.2, 0.25) is 11.8 Å². The summed E-state index contributed by atoms with van der Waals surface area (Å²) in [5, 5.41) is 6.20. The molecule has 0 radical (unpaired) electrons. The summed E-state index contributed by atoms with van der Waals surface area (Å²) in [5.74, 6) is -0.234. The van der Waals surface area contributed by atoms with Gasteiger partial charge in [-0.2, -0.15) is 0 Å². The van der Waals surface area contributed by atoms with Crippen LogP contribution in [0.1, 0.15) is 80.1 Å². The number of hydrogen-bond donors (Lipinski definition) is 3. The molecule has 3 aliphatic heterocycles. The van der Waals surface area contributed by atoms with Crippen LogP contribution in [0.4, 0.5) is 5.69 Å². The van der Waals surface area contributed by atoms with Crippen molar-refractivity contribution in [2.45, 2.75) is 95.0 Å². The highest BCUT2D eigenvalue weighted by Crippen LogP contribution is 2.36. The molecule has 34 heavy (non-hydrogen) atoms. The number of benzene rings is 1. The number of carbonyl (C=O) groups is 3. The number of nitrogens with two attached hydrogens (primary N) is 1. The van der Waals surface area contributed by atoms with Gasteiger partial charge in [0.05, 0.1) is 6.10 Å². The Morgan fingerprint density at radius 2 is 1.94 bits per heavy atom. The maximum Gasteiger partial charge on any atom is 0.255 e. The molecular formula is C26H36N4O4. The van der Waals surface area contributed by atoms with E-state index >= 15 is 0 Å². The monoisotopic (exact) mass is 468 g/mol. The molecule has 4 N–H and O–H groups in total. The lowest BCUT2D eigenvalue weighted by Gasteiger charge is -2.35. The highest BCUT2D eigenvalue weighted by Gasteiger charge is 2.40. The Labute approximate surface area is 201 Å². The van der Waals surface area contributed by atoms with Gasteiger partial charge in [0.25, 0.3) is 5.91 Å². The first-order valence-electron chi connectivity index (χ1n) is 12.9. The highest BCUT2D eigenvalue weighted by molar-refractivity contribution is 6.06. The second kappa shape index (κ2) is 10.0. The van der Waals surface area contributed by atoms with Gasteiger partial charge in [0.15, 0.2) is 0 Å². The molecule has 3 heterocycles.